The number of allylic oxidation sites excluding steroid dienone is 2. The molecule has 1 atom stereocenters. The maximum atomic E-state index is 4.81. The molecule has 1 aliphatic heterocycles. The number of hydrogen-bond donors (Lipinski definition) is 0. The highest BCUT2D eigenvalue weighted by Crippen LogP contribution is 2.19. The molecule has 0 aromatic heterocycles. The summed E-state index contributed by atoms with van der Waals surface area (Å²) in [5, 5.41) is 0. The molecule has 0 radical (unpaired) electrons. The van der Waals surface area contributed by atoms with Crippen molar-refractivity contribution in [2.24, 2.45) is 4.99 Å². The number of hydrogen-bond acceptors (Lipinski definition) is 1. The molecule has 0 spiro atoms. The Balaban J connectivity index is 1.79. The molecule has 0 saturated carbocycles. The summed E-state index contributed by atoms with van der Waals surface area (Å²) in [7, 11) is 2.39. The van der Waals surface area contributed by atoms with Crippen LogP contribution in [0, 0.1) is 0 Å². The van der Waals surface area contributed by atoms with E-state index in [2.05, 4.69) is 33.0 Å². The van der Waals surface area contributed by atoms with Gasteiger partial charge in [0.2, 0.25) is 0 Å². The molecule has 2 heteroatoms. The number of nitrogens with zero attached hydrogens (tertiary/aromatic N) is 2. The van der Waals surface area contributed by atoms with Crippen LogP contribution in [0.25, 0.3) is 0 Å². The van der Waals surface area contributed by atoms with Gasteiger partial charge in [0.1, 0.15) is 6.54 Å². The lowest BCUT2D eigenvalue weighted by molar-refractivity contribution is -0.815. The van der Waals surface area contributed by atoms with Gasteiger partial charge >= 0.3 is 0 Å². The second kappa shape index (κ2) is 20.0. The van der Waals surface area contributed by atoms with Crippen molar-refractivity contribution in [3.63, 3.8) is 0 Å². The van der Waals surface area contributed by atoms with Crippen LogP contribution in [0.4, 0.5) is 0 Å². The molecule has 31 heavy (non-hydrogen) atoms. The highest BCUT2D eigenvalue weighted by molar-refractivity contribution is 5.76. The summed E-state index contributed by atoms with van der Waals surface area (Å²) in [5.41, 5.74) is 0. The Bertz CT molecular complexity index is 454. The second-order valence-electron chi connectivity index (χ2n) is 10.2. The van der Waals surface area contributed by atoms with E-state index in [-0.39, 0.29) is 0 Å². The molecule has 0 aliphatic carbocycles. The van der Waals surface area contributed by atoms with Gasteiger partial charge in [0, 0.05) is 6.42 Å². The van der Waals surface area contributed by atoms with Crippen molar-refractivity contribution in [3.8, 4) is 0 Å². The summed E-state index contributed by atoms with van der Waals surface area (Å²) >= 11 is 0. The molecule has 0 aromatic rings. The number of likely N-dealkylation sites (N-methyl/N-ethyl adjacent to an activating group) is 1. The average Bonchev–Trinajstić information content (AvgIpc) is 3.12. The topological polar surface area (TPSA) is 12.4 Å². The Morgan fingerprint density at radius 3 is 1.65 bits per heavy atom. The van der Waals surface area contributed by atoms with Crippen molar-refractivity contribution in [1.29, 1.82) is 0 Å². The van der Waals surface area contributed by atoms with Crippen LogP contribution in [-0.4, -0.2) is 37.0 Å². The minimum atomic E-state index is 1.06. The first kappa shape index (κ1) is 28.4. The maximum Gasteiger partial charge on any atom is 0.198 e. The molecule has 1 heterocycles. The SMILES string of the molecule is CCCCCCCCC=CCCCCCCCCCCCCC1=NCC[N+]1(C)CCC. The van der Waals surface area contributed by atoms with Gasteiger partial charge in [-0.3, -0.25) is 4.48 Å². The van der Waals surface area contributed by atoms with E-state index >= 15 is 0 Å². The predicted octanol–water partition coefficient (Wildman–Crippen LogP) is 9.24. The van der Waals surface area contributed by atoms with Gasteiger partial charge in [-0.25, -0.2) is 4.99 Å². The van der Waals surface area contributed by atoms with Crippen LogP contribution >= 0.6 is 0 Å². The minimum Gasteiger partial charge on any atom is -0.280 e. The summed E-state index contributed by atoms with van der Waals surface area (Å²) in [6.45, 7) is 8.16. The molecule has 0 bridgehead atoms. The monoisotopic (exact) mass is 433 g/mol. The van der Waals surface area contributed by atoms with Gasteiger partial charge in [-0.2, -0.15) is 0 Å². The highest BCUT2D eigenvalue weighted by atomic mass is 15.4. The van der Waals surface area contributed by atoms with E-state index in [9.17, 15) is 0 Å². The zero-order valence-corrected chi connectivity index (χ0v) is 21.8. The summed E-state index contributed by atoms with van der Waals surface area (Å²) < 4.78 is 1.13. The van der Waals surface area contributed by atoms with Gasteiger partial charge in [0.05, 0.1) is 20.1 Å². The molecule has 1 aliphatic rings. The lowest BCUT2D eigenvalue weighted by Gasteiger charge is -2.29. The average molecular weight is 434 g/mol. The number of quaternary nitrogens is 1. The van der Waals surface area contributed by atoms with Crippen LogP contribution in [0.15, 0.2) is 17.1 Å². The van der Waals surface area contributed by atoms with Crippen molar-refractivity contribution in [2.75, 3.05) is 26.7 Å². The summed E-state index contributed by atoms with van der Waals surface area (Å²) in [6, 6.07) is 0. The zero-order valence-electron chi connectivity index (χ0n) is 21.8. The number of aliphatic imine (C=N–C) groups is 1. The Hall–Kier alpha value is -0.630. The Morgan fingerprint density at radius 1 is 0.645 bits per heavy atom. The fraction of sp³-hybridized carbons (Fsp3) is 0.897. The van der Waals surface area contributed by atoms with Gasteiger partial charge in [0.15, 0.2) is 5.84 Å². The summed E-state index contributed by atoms with van der Waals surface area (Å²) in [5.74, 6) is 1.49. The standard InChI is InChI=1S/C29H57N2/c1-4-6-7-8-9-10-11-12-13-14-15-16-17-18-19-20-21-22-23-24-25-29-30-26-28-31(29,3)27-5-2/h12-13H,4-11,14-28H2,1-3H3/q+1. The van der Waals surface area contributed by atoms with Gasteiger partial charge < -0.3 is 0 Å². The van der Waals surface area contributed by atoms with Crippen LogP contribution < -0.4 is 0 Å². The second-order valence-corrected chi connectivity index (χ2v) is 10.2. The molecule has 0 saturated heterocycles. The van der Waals surface area contributed by atoms with Crippen LogP contribution in [0.1, 0.15) is 142 Å². The van der Waals surface area contributed by atoms with E-state index < -0.39 is 0 Å². The molecule has 1 unspecified atom stereocenters. The maximum absolute atomic E-state index is 4.81. The number of rotatable bonds is 22. The molecule has 0 N–H and O–H groups in total. The number of unbranched alkanes of at least 4 members (excludes halogenated alkanes) is 16. The van der Waals surface area contributed by atoms with E-state index in [1.165, 1.54) is 147 Å². The van der Waals surface area contributed by atoms with Crippen molar-refractivity contribution < 1.29 is 4.48 Å². The third-order valence-electron chi connectivity index (χ3n) is 7.14. The smallest absolute Gasteiger partial charge is 0.198 e. The Labute approximate surface area is 196 Å². The predicted molar refractivity (Wildman–Crippen MR) is 141 cm³/mol. The normalized spacial score (nSPS) is 18.9. The number of amidine groups is 1. The van der Waals surface area contributed by atoms with Gasteiger partial charge in [-0.05, 0) is 38.5 Å². The lowest BCUT2D eigenvalue weighted by Crippen LogP contribution is -2.47. The van der Waals surface area contributed by atoms with E-state index in [1.807, 2.05) is 0 Å². The van der Waals surface area contributed by atoms with Gasteiger partial charge in [0.25, 0.3) is 0 Å². The van der Waals surface area contributed by atoms with E-state index in [4.69, 9.17) is 4.99 Å². The molecular formula is C29H57N2+. The summed E-state index contributed by atoms with van der Waals surface area (Å²) in [4.78, 5) is 4.81. The fourth-order valence-electron chi connectivity index (χ4n) is 5.02. The first-order valence-corrected chi connectivity index (χ1v) is 14.3. The Morgan fingerprint density at radius 2 is 1.13 bits per heavy atom. The molecule has 182 valence electrons. The van der Waals surface area contributed by atoms with Crippen LogP contribution in [0.2, 0.25) is 0 Å². The van der Waals surface area contributed by atoms with Crippen molar-refractivity contribution in [2.45, 2.75) is 142 Å². The molecule has 2 nitrogen and oxygen atoms in total. The van der Waals surface area contributed by atoms with Crippen molar-refractivity contribution in [1.82, 2.24) is 0 Å². The third kappa shape index (κ3) is 14.9. The molecular weight excluding hydrogens is 376 g/mol. The first-order chi connectivity index (χ1) is 15.2. The van der Waals surface area contributed by atoms with Crippen molar-refractivity contribution >= 4 is 5.84 Å². The van der Waals surface area contributed by atoms with Crippen LogP contribution in [0.3, 0.4) is 0 Å². The molecule has 1 rings (SSSR count). The molecule has 0 aromatic carbocycles. The van der Waals surface area contributed by atoms with Crippen LogP contribution in [-0.2, 0) is 0 Å². The minimum absolute atomic E-state index is 1.06. The lowest BCUT2D eigenvalue weighted by atomic mass is 10.0. The van der Waals surface area contributed by atoms with Gasteiger partial charge in [-0.1, -0.05) is 109 Å². The zero-order chi connectivity index (χ0) is 22.5. The van der Waals surface area contributed by atoms with Crippen molar-refractivity contribution in [3.05, 3.63) is 12.2 Å². The van der Waals surface area contributed by atoms with Crippen LogP contribution in [0.5, 0.6) is 0 Å². The first-order valence-electron chi connectivity index (χ1n) is 14.3. The highest BCUT2D eigenvalue weighted by Gasteiger charge is 2.31. The third-order valence-corrected chi connectivity index (χ3v) is 7.14. The summed E-state index contributed by atoms with van der Waals surface area (Å²) in [6.07, 6.45) is 32.7. The quantitative estimate of drug-likeness (QED) is 0.0916. The molecule has 0 amide bonds. The van der Waals surface area contributed by atoms with E-state index in [0.717, 1.165) is 11.0 Å². The fourth-order valence-corrected chi connectivity index (χ4v) is 5.02. The van der Waals surface area contributed by atoms with Gasteiger partial charge in [-0.15, -0.1) is 0 Å². The van der Waals surface area contributed by atoms with E-state index in [1.54, 1.807) is 0 Å². The Kier molecular flexibility index (Phi) is 18.3. The van der Waals surface area contributed by atoms with E-state index in [0.29, 0.717) is 0 Å². The largest absolute Gasteiger partial charge is 0.280 e. The molecule has 0 fully saturated rings.